The van der Waals surface area contributed by atoms with Crippen molar-refractivity contribution in [3.8, 4) is 5.75 Å². The Kier molecular flexibility index (Phi) is 8.61. The Labute approximate surface area is 220 Å². The minimum absolute atomic E-state index is 0.148. The largest absolute Gasteiger partial charge is 0.489 e. The number of rotatable bonds is 9. The molecule has 7 heteroatoms. The topological polar surface area (TPSA) is 49.8 Å². The van der Waals surface area contributed by atoms with Crippen molar-refractivity contribution in [2.75, 3.05) is 32.1 Å². The Morgan fingerprint density at radius 2 is 2.03 bits per heavy atom. The summed E-state index contributed by atoms with van der Waals surface area (Å²) in [4.78, 5) is 15.1. The van der Waals surface area contributed by atoms with Gasteiger partial charge in [-0.1, -0.05) is 40.2 Å². The van der Waals surface area contributed by atoms with Crippen molar-refractivity contribution in [3.63, 3.8) is 0 Å². The highest BCUT2D eigenvalue weighted by Crippen LogP contribution is 2.42. The van der Waals surface area contributed by atoms with Crippen molar-refractivity contribution < 1.29 is 19.0 Å². The van der Waals surface area contributed by atoms with Gasteiger partial charge in [-0.2, -0.15) is 0 Å². The number of thioether (sulfide) groups is 1. The molecule has 0 aromatic heterocycles. The Bertz CT molecular complexity index is 1090. The molecule has 1 saturated heterocycles. The van der Waals surface area contributed by atoms with Gasteiger partial charge in [0.25, 0.3) is 0 Å². The lowest BCUT2D eigenvalue weighted by atomic mass is 9.85. The van der Waals surface area contributed by atoms with E-state index < -0.39 is 11.4 Å². The van der Waals surface area contributed by atoms with Gasteiger partial charge in [-0.25, -0.2) is 0 Å². The van der Waals surface area contributed by atoms with Crippen LogP contribution in [0.3, 0.4) is 0 Å². The fourth-order valence-electron chi connectivity index (χ4n) is 4.69. The van der Waals surface area contributed by atoms with Crippen molar-refractivity contribution in [1.82, 2.24) is 4.90 Å². The van der Waals surface area contributed by atoms with Crippen molar-refractivity contribution in [2.24, 2.45) is 5.41 Å². The van der Waals surface area contributed by atoms with E-state index in [-0.39, 0.29) is 12.8 Å². The van der Waals surface area contributed by atoms with E-state index in [1.54, 1.807) is 13.8 Å². The van der Waals surface area contributed by atoms with Gasteiger partial charge in [0.05, 0.1) is 12.1 Å². The van der Waals surface area contributed by atoms with Crippen LogP contribution in [-0.4, -0.2) is 54.1 Å². The number of likely N-dealkylation sites (tertiary alicyclic amines) is 1. The van der Waals surface area contributed by atoms with E-state index in [9.17, 15) is 14.3 Å². The normalized spacial score (nSPS) is 18.9. The number of hydrogen-bond donors (Lipinski definition) is 1. The van der Waals surface area contributed by atoms with Crippen LogP contribution in [0, 0.1) is 5.41 Å². The number of halogens is 2. The van der Waals surface area contributed by atoms with Gasteiger partial charge >= 0.3 is 5.97 Å². The van der Waals surface area contributed by atoms with E-state index in [0.29, 0.717) is 12.8 Å². The van der Waals surface area contributed by atoms with Crippen LogP contribution in [0.1, 0.15) is 49.8 Å². The first-order valence-corrected chi connectivity index (χ1v) is 14.0. The lowest BCUT2D eigenvalue weighted by Gasteiger charge is -2.20. The third-order valence-electron chi connectivity index (χ3n) is 6.67. The van der Waals surface area contributed by atoms with Crippen molar-refractivity contribution in [2.45, 2.75) is 50.5 Å². The Hall–Kier alpha value is -1.83. The number of carbonyl (C=O) groups is 1. The summed E-state index contributed by atoms with van der Waals surface area (Å²) in [5.41, 5.74) is 3.72. The van der Waals surface area contributed by atoms with Crippen molar-refractivity contribution >= 4 is 39.2 Å². The fraction of sp³-hybridized carbons (Fsp3) is 0.464. The summed E-state index contributed by atoms with van der Waals surface area (Å²) in [7, 11) is 0. The van der Waals surface area contributed by atoms with Gasteiger partial charge in [-0.05, 0) is 74.4 Å². The van der Waals surface area contributed by atoms with Gasteiger partial charge in [-0.15, -0.1) is 11.8 Å². The summed E-state index contributed by atoms with van der Waals surface area (Å²) >= 11 is 5.66. The number of alkyl halides is 1. The molecule has 1 atom stereocenters. The van der Waals surface area contributed by atoms with Crippen LogP contribution in [-0.2, 0) is 11.2 Å². The van der Waals surface area contributed by atoms with Gasteiger partial charge in [-0.3, -0.25) is 14.1 Å². The minimum Gasteiger partial charge on any atom is -0.489 e. The monoisotopic (exact) mass is 561 g/mol. The van der Waals surface area contributed by atoms with Crippen LogP contribution in [0.4, 0.5) is 4.39 Å². The predicted molar refractivity (Wildman–Crippen MR) is 144 cm³/mol. The van der Waals surface area contributed by atoms with Gasteiger partial charge in [0.1, 0.15) is 11.9 Å². The summed E-state index contributed by atoms with van der Waals surface area (Å²) in [5.74, 6) is 1.04. The zero-order valence-electron chi connectivity index (χ0n) is 20.4. The molecular formula is C28H33BrFNO3S. The average molecular weight is 563 g/mol. The molecule has 0 radical (unpaired) electrons. The second-order valence-electron chi connectivity index (χ2n) is 9.97. The second kappa shape index (κ2) is 11.5. The third kappa shape index (κ3) is 6.49. The highest BCUT2D eigenvalue weighted by molar-refractivity contribution is 9.11. The van der Waals surface area contributed by atoms with E-state index in [2.05, 4.69) is 51.2 Å². The van der Waals surface area contributed by atoms with Gasteiger partial charge in [0.15, 0.2) is 0 Å². The van der Waals surface area contributed by atoms with Crippen LogP contribution in [0.5, 0.6) is 5.75 Å². The number of carboxylic acids is 1. The van der Waals surface area contributed by atoms with Crippen LogP contribution < -0.4 is 4.74 Å². The quantitative estimate of drug-likeness (QED) is 0.364. The van der Waals surface area contributed by atoms with E-state index in [1.165, 1.54) is 20.5 Å². The average Bonchev–Trinajstić information content (AvgIpc) is 3.20. The molecule has 1 fully saturated rings. The SMILES string of the molecule is CC(C)(Cc1ccc2c(c1)SCCC(Br)=C2c1ccc(O[C@H]2CCN(CCCF)C2)cc1)C(=O)O. The van der Waals surface area contributed by atoms with E-state index in [0.717, 1.165) is 55.1 Å². The maximum absolute atomic E-state index is 12.5. The zero-order valence-corrected chi connectivity index (χ0v) is 22.8. The van der Waals surface area contributed by atoms with Crippen LogP contribution in [0.15, 0.2) is 51.8 Å². The lowest BCUT2D eigenvalue weighted by Crippen LogP contribution is -2.26. The molecule has 0 amide bonds. The van der Waals surface area contributed by atoms with E-state index >= 15 is 0 Å². The number of nitrogens with zero attached hydrogens (tertiary/aromatic N) is 1. The summed E-state index contributed by atoms with van der Waals surface area (Å²) < 4.78 is 19.8. The standard InChI is InChI=1S/C28H33BrFNO3S/c1-28(2,27(32)33)17-19-4-9-23-25(16-19)35-15-11-24(29)26(23)20-5-7-21(8-6-20)34-22-10-14-31(18-22)13-3-12-30/h4-9,16,22H,3,10-15,17-18H2,1-2H3,(H,32,33)/t22-/m0/s1. The molecule has 0 bridgehead atoms. The molecule has 0 aliphatic carbocycles. The predicted octanol–water partition coefficient (Wildman–Crippen LogP) is 6.80. The molecule has 1 N–H and O–H groups in total. The number of fused-ring (bicyclic) bond motifs is 1. The highest BCUT2D eigenvalue weighted by Gasteiger charge is 2.28. The molecule has 2 heterocycles. The first kappa shape index (κ1) is 26.2. The molecule has 0 spiro atoms. The molecule has 2 aliphatic heterocycles. The zero-order chi connectivity index (χ0) is 25.0. The van der Waals surface area contributed by atoms with Gasteiger partial charge in [0.2, 0.25) is 0 Å². The van der Waals surface area contributed by atoms with Crippen LogP contribution in [0.25, 0.3) is 5.57 Å². The van der Waals surface area contributed by atoms with Crippen molar-refractivity contribution in [1.29, 1.82) is 0 Å². The van der Waals surface area contributed by atoms with E-state index in [1.807, 2.05) is 23.9 Å². The molecule has 0 unspecified atom stereocenters. The minimum atomic E-state index is -0.803. The van der Waals surface area contributed by atoms with E-state index in [4.69, 9.17) is 4.74 Å². The lowest BCUT2D eigenvalue weighted by molar-refractivity contribution is -0.146. The number of benzene rings is 2. The summed E-state index contributed by atoms with van der Waals surface area (Å²) in [5, 5.41) is 9.53. The number of carboxylic acid groups (broad SMARTS) is 1. The Balaban J connectivity index is 1.51. The summed E-state index contributed by atoms with van der Waals surface area (Å²) in [6.07, 6.45) is 3.13. The van der Waals surface area contributed by atoms with Crippen molar-refractivity contribution in [3.05, 3.63) is 63.6 Å². The molecule has 2 aromatic carbocycles. The maximum Gasteiger partial charge on any atom is 0.309 e. The molecule has 0 saturated carbocycles. The van der Waals surface area contributed by atoms with Gasteiger partial charge < -0.3 is 9.84 Å². The first-order chi connectivity index (χ1) is 16.8. The number of allylic oxidation sites excluding steroid dienone is 1. The molecule has 4 nitrogen and oxygen atoms in total. The van der Waals surface area contributed by atoms with Crippen LogP contribution in [0.2, 0.25) is 0 Å². The Morgan fingerprint density at radius 1 is 1.26 bits per heavy atom. The molecule has 35 heavy (non-hydrogen) atoms. The Morgan fingerprint density at radius 3 is 2.74 bits per heavy atom. The molecule has 4 rings (SSSR count). The highest BCUT2D eigenvalue weighted by atomic mass is 79.9. The molecule has 188 valence electrons. The summed E-state index contributed by atoms with van der Waals surface area (Å²) in [6.45, 7) is 5.88. The molecule has 2 aromatic rings. The first-order valence-electron chi connectivity index (χ1n) is 12.2. The number of aliphatic carboxylic acids is 1. The third-order valence-corrected chi connectivity index (χ3v) is 8.52. The van der Waals surface area contributed by atoms with Gasteiger partial charge in [0, 0.05) is 40.3 Å². The maximum atomic E-state index is 12.5. The molecular weight excluding hydrogens is 529 g/mol. The second-order valence-corrected chi connectivity index (χ2v) is 12.1. The van der Waals surface area contributed by atoms with Crippen LogP contribution >= 0.6 is 27.7 Å². The number of ether oxygens (including phenoxy) is 1. The molecule has 2 aliphatic rings. The fourth-order valence-corrected chi connectivity index (χ4v) is 6.68. The smallest absolute Gasteiger partial charge is 0.309 e. The number of hydrogen-bond acceptors (Lipinski definition) is 4. The summed E-state index contributed by atoms with van der Waals surface area (Å²) in [6, 6.07) is 14.6.